The predicted octanol–water partition coefficient (Wildman–Crippen LogP) is 1.88. The maximum atomic E-state index is 12.2. The van der Waals surface area contributed by atoms with E-state index in [0.29, 0.717) is 24.2 Å². The number of pyridine rings is 1. The highest BCUT2D eigenvalue weighted by Crippen LogP contribution is 2.36. The van der Waals surface area contributed by atoms with Gasteiger partial charge in [-0.1, -0.05) is 0 Å². The average molecular weight is 333 g/mol. The van der Waals surface area contributed by atoms with Gasteiger partial charge in [-0.2, -0.15) is 0 Å². The molecule has 0 aliphatic heterocycles. The maximum Gasteiger partial charge on any atom is 0.410 e. The number of hydrogen-bond donors (Lipinski definition) is 2. The van der Waals surface area contributed by atoms with Crippen molar-refractivity contribution < 1.29 is 9.53 Å². The number of nitrogens with two attached hydrogens (primary N) is 1. The number of nitrogens with one attached hydrogen (secondary N) is 1. The van der Waals surface area contributed by atoms with Crippen molar-refractivity contribution >= 4 is 22.9 Å². The van der Waals surface area contributed by atoms with Crippen LogP contribution in [0.3, 0.4) is 0 Å². The molecule has 130 valence electrons. The van der Waals surface area contributed by atoms with Crippen LogP contribution in [-0.4, -0.2) is 44.2 Å². The molecule has 1 fully saturated rings. The van der Waals surface area contributed by atoms with E-state index in [-0.39, 0.29) is 23.9 Å². The number of rotatable bonds is 2. The van der Waals surface area contributed by atoms with Crippen LogP contribution in [0, 0.1) is 0 Å². The van der Waals surface area contributed by atoms with Gasteiger partial charge >= 0.3 is 11.8 Å². The molecule has 0 atom stereocenters. The molecule has 0 radical (unpaired) electrons. The molecule has 2 aromatic heterocycles. The first-order chi connectivity index (χ1) is 11.2. The fraction of sp³-hybridized carbons (Fsp3) is 0.562. The highest BCUT2D eigenvalue weighted by Gasteiger charge is 2.38. The van der Waals surface area contributed by atoms with Crippen molar-refractivity contribution in [3.05, 3.63) is 22.7 Å². The molecule has 1 aliphatic rings. The zero-order valence-corrected chi connectivity index (χ0v) is 14.4. The Kier molecular flexibility index (Phi) is 3.77. The van der Waals surface area contributed by atoms with Gasteiger partial charge in [-0.25, -0.2) is 14.6 Å². The van der Waals surface area contributed by atoms with Crippen molar-refractivity contribution in [1.82, 2.24) is 19.4 Å². The molecular weight excluding hydrogens is 310 g/mol. The molecule has 8 nitrogen and oxygen atoms in total. The van der Waals surface area contributed by atoms with E-state index in [1.807, 2.05) is 20.8 Å². The molecule has 8 heteroatoms. The minimum absolute atomic E-state index is 0.0305. The molecule has 3 N–H and O–H groups in total. The molecule has 0 unspecified atom stereocenters. The van der Waals surface area contributed by atoms with Gasteiger partial charge in [0.05, 0.1) is 5.52 Å². The van der Waals surface area contributed by atoms with Crippen molar-refractivity contribution in [2.24, 2.45) is 0 Å². The van der Waals surface area contributed by atoms with Crippen molar-refractivity contribution in [3.63, 3.8) is 0 Å². The smallest absolute Gasteiger partial charge is 0.410 e. The summed E-state index contributed by atoms with van der Waals surface area (Å²) in [5.41, 5.74) is 6.39. The Hall–Kier alpha value is -2.51. The molecule has 2 heterocycles. The normalized spacial score (nSPS) is 20.7. The highest BCUT2D eigenvalue weighted by molar-refractivity contribution is 5.84. The summed E-state index contributed by atoms with van der Waals surface area (Å²) in [6, 6.07) is 1.86. The van der Waals surface area contributed by atoms with Crippen molar-refractivity contribution in [2.75, 3.05) is 12.8 Å². The Morgan fingerprint density at radius 2 is 2.12 bits per heavy atom. The maximum absolute atomic E-state index is 12.2. The number of anilines is 1. The first kappa shape index (κ1) is 16.4. The molecular formula is C16H23N5O3. The summed E-state index contributed by atoms with van der Waals surface area (Å²) in [6.07, 6.45) is 2.64. The molecule has 0 bridgehead atoms. The van der Waals surface area contributed by atoms with Crippen LogP contribution in [0.1, 0.15) is 39.7 Å². The average Bonchev–Trinajstić information content (AvgIpc) is 2.74. The zero-order chi connectivity index (χ0) is 17.6. The van der Waals surface area contributed by atoms with Crippen LogP contribution in [0.5, 0.6) is 0 Å². The Bertz CT molecular complexity index is 826. The molecule has 1 aliphatic carbocycles. The van der Waals surface area contributed by atoms with E-state index in [0.717, 1.165) is 5.52 Å². The Morgan fingerprint density at radius 1 is 1.46 bits per heavy atom. The predicted molar refractivity (Wildman–Crippen MR) is 90.8 cm³/mol. The zero-order valence-electron chi connectivity index (χ0n) is 14.4. The van der Waals surface area contributed by atoms with Crippen molar-refractivity contribution in [1.29, 1.82) is 0 Å². The third-order valence-electron chi connectivity index (χ3n) is 4.35. The number of aromatic amines is 1. The number of carbonyl (C=O) groups is 1. The lowest BCUT2D eigenvalue weighted by molar-refractivity contribution is 0.00790. The Labute approximate surface area is 139 Å². The standard InChI is InChI=1S/C16H23N5O3/c1-16(2,3)24-15(23)20(4)9-7-10(8-9)21-11-5-6-18-13(17)12(11)19-14(21)22/h5-6,9-10H,7-8H2,1-4H3,(H2,17,18)(H,19,22)/t9-,10+. The SMILES string of the molecule is CN(C(=O)OC(C)(C)C)[C@H]1C[C@@H](n2c(=O)[nH]c3c(N)nccc32)C1. The summed E-state index contributed by atoms with van der Waals surface area (Å²) in [7, 11) is 1.73. The highest BCUT2D eigenvalue weighted by atomic mass is 16.6. The van der Waals surface area contributed by atoms with E-state index in [9.17, 15) is 9.59 Å². The van der Waals surface area contributed by atoms with E-state index in [2.05, 4.69) is 9.97 Å². The number of ether oxygens (including phenoxy) is 1. The molecule has 1 saturated carbocycles. The Balaban J connectivity index is 1.73. The van der Waals surface area contributed by atoms with Crippen LogP contribution in [0.4, 0.5) is 10.6 Å². The van der Waals surface area contributed by atoms with Crippen LogP contribution < -0.4 is 11.4 Å². The lowest BCUT2D eigenvalue weighted by Gasteiger charge is -2.41. The molecule has 24 heavy (non-hydrogen) atoms. The largest absolute Gasteiger partial charge is 0.444 e. The topological polar surface area (TPSA) is 106 Å². The fourth-order valence-corrected chi connectivity index (χ4v) is 3.00. The van der Waals surface area contributed by atoms with Gasteiger partial charge in [-0.15, -0.1) is 0 Å². The first-order valence-corrected chi connectivity index (χ1v) is 7.98. The summed E-state index contributed by atoms with van der Waals surface area (Å²) >= 11 is 0. The van der Waals surface area contributed by atoms with Gasteiger partial charge in [0.2, 0.25) is 0 Å². The monoisotopic (exact) mass is 333 g/mol. The van der Waals surface area contributed by atoms with E-state index in [1.54, 1.807) is 28.8 Å². The number of carbonyl (C=O) groups excluding carboxylic acids is 1. The van der Waals surface area contributed by atoms with Crippen LogP contribution in [0.15, 0.2) is 17.1 Å². The number of hydrogen-bond acceptors (Lipinski definition) is 5. The van der Waals surface area contributed by atoms with E-state index in [4.69, 9.17) is 10.5 Å². The summed E-state index contributed by atoms with van der Waals surface area (Å²) in [4.78, 5) is 32.7. The van der Waals surface area contributed by atoms with Crippen molar-refractivity contribution in [3.8, 4) is 0 Å². The summed E-state index contributed by atoms with van der Waals surface area (Å²) in [6.45, 7) is 5.52. The summed E-state index contributed by atoms with van der Waals surface area (Å²) < 4.78 is 7.08. The van der Waals surface area contributed by atoms with Gasteiger partial charge in [-0.05, 0) is 39.7 Å². The van der Waals surface area contributed by atoms with E-state index in [1.165, 1.54) is 0 Å². The van der Waals surface area contributed by atoms with Gasteiger partial charge in [0.25, 0.3) is 0 Å². The van der Waals surface area contributed by atoms with Crippen LogP contribution >= 0.6 is 0 Å². The van der Waals surface area contributed by atoms with Gasteiger partial charge in [0.15, 0.2) is 0 Å². The van der Waals surface area contributed by atoms with Gasteiger partial charge < -0.3 is 20.4 Å². The number of nitrogen functional groups attached to an aromatic ring is 1. The number of imidazole rings is 1. The first-order valence-electron chi connectivity index (χ1n) is 7.98. The van der Waals surface area contributed by atoms with Crippen molar-refractivity contribution in [2.45, 2.75) is 51.3 Å². The number of fused-ring (bicyclic) bond motifs is 1. The number of H-pyrrole nitrogens is 1. The quantitative estimate of drug-likeness (QED) is 0.872. The summed E-state index contributed by atoms with van der Waals surface area (Å²) in [5.74, 6) is 0.310. The van der Waals surface area contributed by atoms with Crippen LogP contribution in [0.25, 0.3) is 11.0 Å². The van der Waals surface area contributed by atoms with Gasteiger partial charge in [0.1, 0.15) is 16.9 Å². The van der Waals surface area contributed by atoms with Gasteiger partial charge in [0, 0.05) is 25.3 Å². The second-order valence-corrected chi connectivity index (χ2v) is 7.26. The molecule has 3 rings (SSSR count). The fourth-order valence-electron chi connectivity index (χ4n) is 3.00. The molecule has 2 aromatic rings. The summed E-state index contributed by atoms with van der Waals surface area (Å²) in [5, 5.41) is 0. The number of amides is 1. The third kappa shape index (κ3) is 2.83. The minimum atomic E-state index is -0.521. The number of nitrogens with zero attached hydrogens (tertiary/aromatic N) is 3. The number of aromatic nitrogens is 3. The lowest BCUT2D eigenvalue weighted by atomic mass is 9.85. The Morgan fingerprint density at radius 3 is 2.75 bits per heavy atom. The van der Waals surface area contributed by atoms with Crippen LogP contribution in [0.2, 0.25) is 0 Å². The minimum Gasteiger partial charge on any atom is -0.444 e. The third-order valence-corrected chi connectivity index (χ3v) is 4.35. The van der Waals surface area contributed by atoms with E-state index < -0.39 is 5.60 Å². The molecule has 0 aromatic carbocycles. The molecule has 0 saturated heterocycles. The second-order valence-electron chi connectivity index (χ2n) is 7.26. The van der Waals surface area contributed by atoms with Gasteiger partial charge in [-0.3, -0.25) is 4.57 Å². The van der Waals surface area contributed by atoms with Crippen LogP contribution in [-0.2, 0) is 4.74 Å². The molecule has 1 amide bonds. The molecule has 0 spiro atoms. The van der Waals surface area contributed by atoms with E-state index >= 15 is 0 Å². The second kappa shape index (κ2) is 5.54. The lowest BCUT2D eigenvalue weighted by Crippen LogP contribution is -2.48.